The van der Waals surface area contributed by atoms with Crippen molar-refractivity contribution in [3.8, 4) is 0 Å². The summed E-state index contributed by atoms with van der Waals surface area (Å²) in [7, 11) is 0. The van der Waals surface area contributed by atoms with Crippen LogP contribution in [0.4, 0.5) is 0 Å². The zero-order valence-corrected chi connectivity index (χ0v) is 9.74. The third kappa shape index (κ3) is 1.93. The molecule has 2 N–H and O–H groups in total. The lowest BCUT2D eigenvalue weighted by molar-refractivity contribution is 0.467. The quantitative estimate of drug-likeness (QED) is 0.823. The summed E-state index contributed by atoms with van der Waals surface area (Å²) >= 11 is 0. The molecular weight excluding hydrogens is 186 g/mol. The van der Waals surface area contributed by atoms with Crippen molar-refractivity contribution in [1.29, 1.82) is 0 Å². The molecule has 15 heavy (non-hydrogen) atoms. The van der Waals surface area contributed by atoms with Crippen molar-refractivity contribution in [2.75, 3.05) is 6.54 Å². The van der Waals surface area contributed by atoms with Crippen molar-refractivity contribution in [3.05, 3.63) is 17.5 Å². The predicted octanol–water partition coefficient (Wildman–Crippen LogP) is 1.92. The number of hydrogen-bond acceptors (Lipinski definition) is 2. The molecule has 0 aliphatic carbocycles. The van der Waals surface area contributed by atoms with Gasteiger partial charge in [0.05, 0.1) is 6.20 Å². The average molecular weight is 207 g/mol. The van der Waals surface area contributed by atoms with Crippen LogP contribution in [0.25, 0.3) is 0 Å². The lowest BCUT2D eigenvalue weighted by atomic mass is 9.87. The Labute approximate surface area is 91.7 Å². The predicted molar refractivity (Wildman–Crippen MR) is 61.8 cm³/mol. The molecule has 3 nitrogen and oxygen atoms in total. The van der Waals surface area contributed by atoms with E-state index in [2.05, 4.69) is 23.6 Å². The molecule has 1 aliphatic rings. The van der Waals surface area contributed by atoms with E-state index in [0.717, 1.165) is 13.1 Å². The summed E-state index contributed by atoms with van der Waals surface area (Å²) in [6, 6.07) is 0. The number of nitrogens with two attached hydrogens (primary N) is 1. The number of aryl methyl sites for hydroxylation is 1. The summed E-state index contributed by atoms with van der Waals surface area (Å²) in [6.45, 7) is 6.30. The zero-order chi connectivity index (χ0) is 10.8. The minimum Gasteiger partial charge on any atom is -0.330 e. The average Bonchev–Trinajstić information content (AvgIpc) is 2.63. The summed E-state index contributed by atoms with van der Waals surface area (Å²) in [4.78, 5) is 0. The van der Waals surface area contributed by atoms with Gasteiger partial charge in [0.2, 0.25) is 0 Å². The molecule has 0 amide bonds. The summed E-state index contributed by atoms with van der Waals surface area (Å²) in [5, 5.41) is 4.47. The second kappa shape index (κ2) is 4.35. The van der Waals surface area contributed by atoms with Crippen molar-refractivity contribution in [1.82, 2.24) is 9.78 Å². The maximum Gasteiger partial charge on any atom is 0.0528 e. The van der Waals surface area contributed by atoms with E-state index in [9.17, 15) is 0 Å². The molecule has 2 heterocycles. The minimum atomic E-state index is 0.479. The van der Waals surface area contributed by atoms with E-state index < -0.39 is 0 Å². The van der Waals surface area contributed by atoms with E-state index in [1.165, 1.54) is 30.5 Å². The number of fused-ring (bicyclic) bond motifs is 1. The van der Waals surface area contributed by atoms with E-state index in [1.807, 2.05) is 6.20 Å². The van der Waals surface area contributed by atoms with Crippen LogP contribution in [0.3, 0.4) is 0 Å². The lowest BCUT2D eigenvalue weighted by Gasteiger charge is -2.21. The van der Waals surface area contributed by atoms with Crippen LogP contribution in [0.2, 0.25) is 0 Å². The van der Waals surface area contributed by atoms with Crippen molar-refractivity contribution < 1.29 is 0 Å². The van der Waals surface area contributed by atoms with E-state index in [0.29, 0.717) is 11.8 Å². The molecule has 0 saturated heterocycles. The van der Waals surface area contributed by atoms with E-state index in [1.54, 1.807) is 0 Å². The molecule has 0 fully saturated rings. The highest BCUT2D eigenvalue weighted by molar-refractivity contribution is 5.24. The molecule has 1 unspecified atom stereocenters. The van der Waals surface area contributed by atoms with Gasteiger partial charge in [0.25, 0.3) is 0 Å². The van der Waals surface area contributed by atoms with Crippen molar-refractivity contribution >= 4 is 0 Å². The van der Waals surface area contributed by atoms with Gasteiger partial charge in [-0.1, -0.05) is 13.8 Å². The Morgan fingerprint density at radius 1 is 1.47 bits per heavy atom. The lowest BCUT2D eigenvalue weighted by Crippen LogP contribution is -2.20. The zero-order valence-electron chi connectivity index (χ0n) is 9.74. The topological polar surface area (TPSA) is 43.8 Å². The molecule has 1 aliphatic heterocycles. The molecule has 0 spiro atoms. The largest absolute Gasteiger partial charge is 0.330 e. The van der Waals surface area contributed by atoms with Gasteiger partial charge in [-0.15, -0.1) is 0 Å². The second-order valence-corrected chi connectivity index (χ2v) is 4.81. The fourth-order valence-electron chi connectivity index (χ4n) is 2.51. The second-order valence-electron chi connectivity index (χ2n) is 4.81. The van der Waals surface area contributed by atoms with E-state index >= 15 is 0 Å². The summed E-state index contributed by atoms with van der Waals surface area (Å²) in [6.07, 6.45) is 5.79. The first-order chi connectivity index (χ1) is 7.24. The van der Waals surface area contributed by atoms with Crippen LogP contribution in [0.5, 0.6) is 0 Å². The highest BCUT2D eigenvalue weighted by atomic mass is 15.3. The first-order valence-corrected chi connectivity index (χ1v) is 5.98. The van der Waals surface area contributed by atoms with E-state index in [4.69, 9.17) is 5.73 Å². The van der Waals surface area contributed by atoms with Crippen LogP contribution in [0.15, 0.2) is 6.20 Å². The third-order valence-electron chi connectivity index (χ3n) is 3.47. The SMILES string of the molecule is CC(C)C(CN)c1cnn2c1CCCC2. The van der Waals surface area contributed by atoms with Crippen LogP contribution >= 0.6 is 0 Å². The molecule has 1 aromatic rings. The van der Waals surface area contributed by atoms with E-state index in [-0.39, 0.29) is 0 Å². The number of nitrogens with zero attached hydrogens (tertiary/aromatic N) is 2. The molecular formula is C12H21N3. The maximum absolute atomic E-state index is 5.86. The molecule has 3 heteroatoms. The molecule has 84 valence electrons. The smallest absolute Gasteiger partial charge is 0.0528 e. The Morgan fingerprint density at radius 3 is 2.93 bits per heavy atom. The summed E-state index contributed by atoms with van der Waals surface area (Å²) in [5.41, 5.74) is 8.69. The highest BCUT2D eigenvalue weighted by Crippen LogP contribution is 2.29. The standard InChI is InChI=1S/C12H21N3/c1-9(2)10(7-13)11-8-14-15-6-4-3-5-12(11)15/h8-10H,3-7,13H2,1-2H3. The first kappa shape index (κ1) is 10.7. The molecule has 0 radical (unpaired) electrons. The van der Waals surface area contributed by atoms with Gasteiger partial charge >= 0.3 is 0 Å². The van der Waals surface area contributed by atoms with Gasteiger partial charge in [0.1, 0.15) is 0 Å². The summed E-state index contributed by atoms with van der Waals surface area (Å²) in [5.74, 6) is 1.08. The monoisotopic (exact) mass is 207 g/mol. The van der Waals surface area contributed by atoms with Crippen LogP contribution in [-0.2, 0) is 13.0 Å². The van der Waals surface area contributed by atoms with Gasteiger partial charge in [-0.05, 0) is 37.3 Å². The molecule has 0 bridgehead atoms. The first-order valence-electron chi connectivity index (χ1n) is 5.98. The van der Waals surface area contributed by atoms with Gasteiger partial charge in [-0.3, -0.25) is 4.68 Å². The maximum atomic E-state index is 5.86. The fourth-order valence-corrected chi connectivity index (χ4v) is 2.51. The van der Waals surface area contributed by atoms with Crippen molar-refractivity contribution in [3.63, 3.8) is 0 Å². The number of rotatable bonds is 3. The van der Waals surface area contributed by atoms with Crippen LogP contribution in [0.1, 0.15) is 43.9 Å². The molecule has 2 rings (SSSR count). The van der Waals surface area contributed by atoms with Crippen molar-refractivity contribution in [2.45, 2.75) is 45.6 Å². The van der Waals surface area contributed by atoms with Gasteiger partial charge in [-0.25, -0.2) is 0 Å². The Balaban J connectivity index is 2.31. The fraction of sp³-hybridized carbons (Fsp3) is 0.750. The van der Waals surface area contributed by atoms with Gasteiger partial charge in [0, 0.05) is 18.2 Å². The Morgan fingerprint density at radius 2 is 2.27 bits per heavy atom. The highest BCUT2D eigenvalue weighted by Gasteiger charge is 2.22. The molecule has 1 atom stereocenters. The van der Waals surface area contributed by atoms with Gasteiger partial charge in [-0.2, -0.15) is 5.10 Å². The Hall–Kier alpha value is -0.830. The minimum absolute atomic E-state index is 0.479. The Kier molecular flexibility index (Phi) is 3.10. The van der Waals surface area contributed by atoms with Crippen molar-refractivity contribution in [2.24, 2.45) is 11.7 Å². The summed E-state index contributed by atoms with van der Waals surface area (Å²) < 4.78 is 2.17. The van der Waals surface area contributed by atoms with Gasteiger partial charge < -0.3 is 5.73 Å². The number of aromatic nitrogens is 2. The van der Waals surface area contributed by atoms with Crippen LogP contribution in [-0.4, -0.2) is 16.3 Å². The third-order valence-corrected chi connectivity index (χ3v) is 3.47. The van der Waals surface area contributed by atoms with Gasteiger partial charge in [0.15, 0.2) is 0 Å². The molecule has 0 aromatic carbocycles. The molecule has 0 saturated carbocycles. The van der Waals surface area contributed by atoms with Crippen LogP contribution in [0, 0.1) is 5.92 Å². The van der Waals surface area contributed by atoms with Crippen LogP contribution < -0.4 is 5.73 Å². The normalized spacial score (nSPS) is 17.9. The number of hydrogen-bond donors (Lipinski definition) is 1. The Bertz CT molecular complexity index is 328. The molecule has 1 aromatic heterocycles.